The van der Waals surface area contributed by atoms with Crippen LogP contribution >= 0.6 is 0 Å². The lowest BCUT2D eigenvalue weighted by molar-refractivity contribution is 0.120. The maximum absolute atomic E-state index is 13.4. The van der Waals surface area contributed by atoms with Crippen molar-refractivity contribution in [2.75, 3.05) is 19.0 Å². The number of anilines is 1. The third kappa shape index (κ3) is 4.49. The van der Waals surface area contributed by atoms with E-state index in [9.17, 15) is 4.39 Å². The molecule has 0 aliphatic heterocycles. The summed E-state index contributed by atoms with van der Waals surface area (Å²) in [6, 6.07) is 18.1. The maximum Gasteiger partial charge on any atom is 0.223 e. The number of methoxy groups -OCH3 is 1. The van der Waals surface area contributed by atoms with Crippen LogP contribution in [0.2, 0.25) is 0 Å². The van der Waals surface area contributed by atoms with Gasteiger partial charge >= 0.3 is 0 Å². The Morgan fingerprint density at radius 1 is 1.03 bits per heavy atom. The van der Waals surface area contributed by atoms with E-state index in [1.165, 1.54) is 17.7 Å². The molecule has 4 aromatic rings. The summed E-state index contributed by atoms with van der Waals surface area (Å²) in [5.41, 5.74) is 3.90. The van der Waals surface area contributed by atoms with E-state index in [1.807, 2.05) is 18.2 Å². The summed E-state index contributed by atoms with van der Waals surface area (Å²) in [6.45, 7) is 0.915. The molecule has 0 radical (unpaired) electrons. The van der Waals surface area contributed by atoms with Crippen LogP contribution in [-0.2, 0) is 17.9 Å². The highest BCUT2D eigenvalue weighted by Crippen LogP contribution is 2.29. The van der Waals surface area contributed by atoms with Crippen LogP contribution in [-0.4, -0.2) is 38.6 Å². The normalized spacial score (nSPS) is 10.9. The predicted molar refractivity (Wildman–Crippen MR) is 112 cm³/mol. The molecule has 2 heterocycles. The Kier molecular flexibility index (Phi) is 6.05. The van der Waals surface area contributed by atoms with Crippen LogP contribution in [0.25, 0.3) is 22.6 Å². The fourth-order valence-electron chi connectivity index (χ4n) is 3.12. The molecule has 0 amide bonds. The van der Waals surface area contributed by atoms with E-state index < -0.39 is 0 Å². The molecule has 0 aliphatic rings. The van der Waals surface area contributed by atoms with Crippen LogP contribution in [0.4, 0.5) is 10.3 Å². The molecule has 30 heavy (non-hydrogen) atoms. The summed E-state index contributed by atoms with van der Waals surface area (Å²) in [7, 11) is 1.58. The molecule has 152 valence electrons. The molecule has 7 nitrogen and oxygen atoms in total. The van der Waals surface area contributed by atoms with Crippen molar-refractivity contribution in [2.24, 2.45) is 0 Å². The predicted octanol–water partition coefficient (Wildman–Crippen LogP) is 3.80. The highest BCUT2D eigenvalue weighted by atomic mass is 19.1. The number of ether oxygens (including phenoxy) is 1. The average Bonchev–Trinajstić information content (AvgIpc) is 3.19. The van der Waals surface area contributed by atoms with Crippen LogP contribution in [0, 0.1) is 5.82 Å². The first-order chi connectivity index (χ1) is 14.7. The molecule has 0 bridgehead atoms. The fourth-order valence-corrected chi connectivity index (χ4v) is 3.12. The van der Waals surface area contributed by atoms with Gasteiger partial charge in [-0.25, -0.2) is 19.0 Å². The third-order valence-corrected chi connectivity index (χ3v) is 4.54. The van der Waals surface area contributed by atoms with Crippen molar-refractivity contribution in [1.29, 1.82) is 0 Å². The summed E-state index contributed by atoms with van der Waals surface area (Å²) in [5.74, 6) is 0.204. The lowest BCUT2D eigenvalue weighted by Crippen LogP contribution is -2.09. The molecule has 2 aromatic carbocycles. The van der Waals surface area contributed by atoms with Gasteiger partial charge in [-0.05, 0) is 42.3 Å². The number of benzene rings is 2. The maximum atomic E-state index is 13.4. The van der Waals surface area contributed by atoms with Crippen molar-refractivity contribution in [3.8, 4) is 22.6 Å². The van der Waals surface area contributed by atoms with Crippen molar-refractivity contribution in [3.05, 3.63) is 78.2 Å². The van der Waals surface area contributed by atoms with Gasteiger partial charge in [-0.2, -0.15) is 0 Å². The third-order valence-electron chi connectivity index (χ3n) is 4.54. The number of nitrogens with zero attached hydrogens (tertiary/aromatic N) is 5. The summed E-state index contributed by atoms with van der Waals surface area (Å²) >= 11 is 0. The van der Waals surface area contributed by atoms with Crippen molar-refractivity contribution in [3.63, 3.8) is 0 Å². The zero-order valence-electron chi connectivity index (χ0n) is 16.5. The van der Waals surface area contributed by atoms with Gasteiger partial charge in [0.2, 0.25) is 5.95 Å². The van der Waals surface area contributed by atoms with E-state index in [0.717, 1.165) is 12.0 Å². The Labute approximate surface area is 173 Å². The molecule has 2 aromatic heterocycles. The van der Waals surface area contributed by atoms with E-state index in [2.05, 4.69) is 37.7 Å². The van der Waals surface area contributed by atoms with Gasteiger partial charge in [-0.1, -0.05) is 35.5 Å². The Morgan fingerprint density at radius 3 is 2.60 bits per heavy atom. The van der Waals surface area contributed by atoms with E-state index in [0.29, 0.717) is 29.6 Å². The topological polar surface area (TPSA) is 77.8 Å². The largest absolute Gasteiger partial charge is 0.362 e. The lowest BCUT2D eigenvalue weighted by atomic mass is 10.1. The smallest absolute Gasteiger partial charge is 0.223 e. The lowest BCUT2D eigenvalue weighted by Gasteiger charge is -2.09. The second-order valence-electron chi connectivity index (χ2n) is 6.64. The van der Waals surface area contributed by atoms with Crippen molar-refractivity contribution in [1.82, 2.24) is 25.0 Å². The summed E-state index contributed by atoms with van der Waals surface area (Å²) in [4.78, 5) is 8.96. The van der Waals surface area contributed by atoms with E-state index >= 15 is 0 Å². The van der Waals surface area contributed by atoms with Crippen LogP contribution in [0.5, 0.6) is 0 Å². The fraction of sp³-hybridized carbons (Fsp3) is 0.182. The zero-order chi connectivity index (χ0) is 20.8. The molecule has 4 rings (SSSR count). The Bertz CT molecular complexity index is 1100. The molecule has 0 spiro atoms. The summed E-state index contributed by atoms with van der Waals surface area (Å²) < 4.78 is 20.2. The van der Waals surface area contributed by atoms with Gasteiger partial charge < -0.3 is 10.1 Å². The number of aromatic nitrogens is 5. The number of hydrogen-bond donors (Lipinski definition) is 1. The van der Waals surface area contributed by atoms with Gasteiger partial charge in [-0.15, -0.1) is 5.10 Å². The quantitative estimate of drug-likeness (QED) is 0.481. The zero-order valence-corrected chi connectivity index (χ0v) is 16.5. The highest BCUT2D eigenvalue weighted by molar-refractivity contribution is 5.76. The molecular formula is C22H21FN6O. The molecule has 0 atom stereocenters. The first-order valence-corrected chi connectivity index (χ1v) is 9.54. The second kappa shape index (κ2) is 9.23. The van der Waals surface area contributed by atoms with Gasteiger partial charge in [0.1, 0.15) is 23.9 Å². The molecule has 1 N–H and O–H groups in total. The molecule has 0 fully saturated rings. The van der Waals surface area contributed by atoms with Gasteiger partial charge in [0.25, 0.3) is 0 Å². The highest BCUT2D eigenvalue weighted by Gasteiger charge is 2.18. The van der Waals surface area contributed by atoms with Crippen LogP contribution < -0.4 is 5.32 Å². The first-order valence-electron chi connectivity index (χ1n) is 9.54. The van der Waals surface area contributed by atoms with Crippen LogP contribution in [0.15, 0.2) is 66.9 Å². The van der Waals surface area contributed by atoms with Crippen LogP contribution in [0.3, 0.4) is 0 Å². The monoisotopic (exact) mass is 404 g/mol. The number of nitrogens with one attached hydrogen (secondary N) is 1. The van der Waals surface area contributed by atoms with Gasteiger partial charge in [0.05, 0.1) is 5.69 Å². The Balaban J connectivity index is 1.60. The minimum atomic E-state index is -0.309. The summed E-state index contributed by atoms with van der Waals surface area (Å²) in [5, 5.41) is 11.7. The van der Waals surface area contributed by atoms with Gasteiger partial charge in [0, 0.05) is 25.4 Å². The first kappa shape index (κ1) is 19.7. The molecule has 8 heteroatoms. The minimum absolute atomic E-state index is 0.213. The SMILES string of the molecule is COCn1nnc(-c2ccc(F)cc2)c1-c1ccnc(NCCc2ccccc2)n1. The molecular weight excluding hydrogens is 383 g/mol. The van der Waals surface area contributed by atoms with Crippen molar-refractivity contribution in [2.45, 2.75) is 13.2 Å². The van der Waals surface area contributed by atoms with Crippen LogP contribution in [0.1, 0.15) is 5.56 Å². The van der Waals surface area contributed by atoms with E-state index in [4.69, 9.17) is 4.74 Å². The van der Waals surface area contributed by atoms with Crippen molar-refractivity contribution >= 4 is 5.95 Å². The number of halogens is 1. The summed E-state index contributed by atoms with van der Waals surface area (Å²) in [6.07, 6.45) is 2.55. The molecule has 0 saturated carbocycles. The van der Waals surface area contributed by atoms with E-state index in [-0.39, 0.29) is 12.5 Å². The number of rotatable bonds is 8. The minimum Gasteiger partial charge on any atom is -0.362 e. The van der Waals surface area contributed by atoms with Gasteiger partial charge in [0.15, 0.2) is 0 Å². The molecule has 0 aliphatic carbocycles. The number of hydrogen-bond acceptors (Lipinski definition) is 6. The van der Waals surface area contributed by atoms with Crippen molar-refractivity contribution < 1.29 is 9.13 Å². The average molecular weight is 404 g/mol. The van der Waals surface area contributed by atoms with Gasteiger partial charge in [-0.3, -0.25) is 0 Å². The van der Waals surface area contributed by atoms with E-state index in [1.54, 1.807) is 36.2 Å². The standard InChI is InChI=1S/C22H21FN6O/c1-30-15-29-21(20(27-28-29)17-7-9-18(23)10-8-17)19-12-14-25-22(26-19)24-13-11-16-5-3-2-4-6-16/h2-10,12,14H,11,13,15H2,1H3,(H,24,25,26). The Hall–Kier alpha value is -3.65. The molecule has 0 saturated heterocycles. The molecule has 0 unspecified atom stereocenters. The Morgan fingerprint density at radius 2 is 1.83 bits per heavy atom. The second-order valence-corrected chi connectivity index (χ2v) is 6.64.